The molecule has 9 heteroatoms. The first kappa shape index (κ1) is 19.4. The molecule has 2 rings (SSSR count). The van der Waals surface area contributed by atoms with E-state index < -0.39 is 18.0 Å². The summed E-state index contributed by atoms with van der Waals surface area (Å²) in [6.45, 7) is 0.570. The highest BCUT2D eigenvalue weighted by Gasteiger charge is 2.16. The van der Waals surface area contributed by atoms with Crippen molar-refractivity contribution in [3.05, 3.63) is 53.7 Å². The van der Waals surface area contributed by atoms with Gasteiger partial charge in [-0.25, -0.2) is 9.78 Å². The third-order valence-electron chi connectivity index (χ3n) is 3.39. The summed E-state index contributed by atoms with van der Waals surface area (Å²) in [6.07, 6.45) is 1.19. The van der Waals surface area contributed by atoms with E-state index in [1.165, 1.54) is 6.26 Å². The Morgan fingerprint density at radius 3 is 2.69 bits per heavy atom. The first-order valence-electron chi connectivity index (χ1n) is 8.14. The smallest absolute Gasteiger partial charge is 0.407 e. The molecule has 9 nitrogen and oxygen atoms in total. The minimum atomic E-state index is -0.761. The molecule has 0 aliphatic carbocycles. The number of hydrogen-bond acceptors (Lipinski definition) is 7. The Hall–Kier alpha value is -2.91. The normalized spacial score (nSPS) is 11.6. The number of aromatic nitrogens is 1. The van der Waals surface area contributed by atoms with E-state index in [0.717, 1.165) is 5.56 Å². The molecule has 0 aliphatic rings. The summed E-state index contributed by atoms with van der Waals surface area (Å²) in [5, 5.41) is 14.2. The Bertz CT molecular complexity index is 704. The van der Waals surface area contributed by atoms with Gasteiger partial charge in [0.2, 0.25) is 5.89 Å². The molecular weight excluding hydrogens is 340 g/mol. The quantitative estimate of drug-likeness (QED) is 0.482. The first-order chi connectivity index (χ1) is 12.6. The Kier molecular flexibility index (Phi) is 7.59. The van der Waals surface area contributed by atoms with Crippen LogP contribution >= 0.6 is 0 Å². The fraction of sp³-hybridized carbons (Fsp3) is 0.353. The SMILES string of the molecule is NC(CO)c1nc(C(=O)NCCCNC(=O)OCc2ccccc2)co1. The van der Waals surface area contributed by atoms with Gasteiger partial charge in [0, 0.05) is 13.1 Å². The van der Waals surface area contributed by atoms with Crippen LogP contribution in [-0.4, -0.2) is 41.8 Å². The monoisotopic (exact) mass is 362 g/mol. The first-order valence-corrected chi connectivity index (χ1v) is 8.14. The maximum absolute atomic E-state index is 11.9. The lowest BCUT2D eigenvalue weighted by atomic mass is 10.2. The molecule has 1 heterocycles. The van der Waals surface area contributed by atoms with Crippen LogP contribution in [-0.2, 0) is 11.3 Å². The van der Waals surface area contributed by atoms with E-state index in [-0.39, 0.29) is 24.8 Å². The summed E-state index contributed by atoms with van der Waals surface area (Å²) in [5.41, 5.74) is 6.54. The third kappa shape index (κ3) is 6.19. The van der Waals surface area contributed by atoms with Crippen LogP contribution in [0.2, 0.25) is 0 Å². The fourth-order valence-corrected chi connectivity index (χ4v) is 1.99. The summed E-state index contributed by atoms with van der Waals surface area (Å²) in [4.78, 5) is 27.3. The molecule has 0 radical (unpaired) electrons. The van der Waals surface area contributed by atoms with Gasteiger partial charge in [-0.05, 0) is 12.0 Å². The average molecular weight is 362 g/mol. The molecule has 1 aromatic carbocycles. The van der Waals surface area contributed by atoms with E-state index in [4.69, 9.17) is 20.0 Å². The zero-order valence-corrected chi connectivity index (χ0v) is 14.2. The molecular formula is C17H22N4O5. The molecule has 26 heavy (non-hydrogen) atoms. The van der Waals surface area contributed by atoms with Crippen molar-refractivity contribution >= 4 is 12.0 Å². The predicted molar refractivity (Wildman–Crippen MR) is 92.1 cm³/mol. The van der Waals surface area contributed by atoms with Crippen LogP contribution in [0.5, 0.6) is 0 Å². The number of alkyl carbamates (subject to hydrolysis) is 1. The minimum absolute atomic E-state index is 0.0825. The van der Waals surface area contributed by atoms with Gasteiger partial charge in [0.15, 0.2) is 5.69 Å². The van der Waals surface area contributed by atoms with E-state index >= 15 is 0 Å². The highest BCUT2D eigenvalue weighted by Crippen LogP contribution is 2.09. The number of rotatable bonds is 9. The molecule has 1 aromatic heterocycles. The van der Waals surface area contributed by atoms with Crippen LogP contribution in [0.3, 0.4) is 0 Å². The molecule has 0 bridgehead atoms. The van der Waals surface area contributed by atoms with Crippen LogP contribution < -0.4 is 16.4 Å². The molecule has 0 saturated carbocycles. The number of hydrogen-bond donors (Lipinski definition) is 4. The molecule has 0 saturated heterocycles. The van der Waals surface area contributed by atoms with Crippen molar-refractivity contribution in [1.29, 1.82) is 0 Å². The summed E-state index contributed by atoms with van der Waals surface area (Å²) in [5.74, 6) is -0.322. The van der Waals surface area contributed by atoms with Crippen LogP contribution in [0.4, 0.5) is 4.79 Å². The van der Waals surface area contributed by atoms with E-state index in [2.05, 4.69) is 15.6 Å². The molecule has 1 unspecified atom stereocenters. The van der Waals surface area contributed by atoms with Gasteiger partial charge in [-0.1, -0.05) is 30.3 Å². The van der Waals surface area contributed by atoms with Gasteiger partial charge < -0.3 is 30.6 Å². The fourth-order valence-electron chi connectivity index (χ4n) is 1.99. The number of aliphatic hydroxyl groups is 1. The second kappa shape index (κ2) is 10.2. The molecule has 0 aliphatic heterocycles. The number of oxazole rings is 1. The number of amides is 2. The highest BCUT2D eigenvalue weighted by atomic mass is 16.5. The van der Waals surface area contributed by atoms with Crippen molar-refractivity contribution < 1.29 is 23.8 Å². The van der Waals surface area contributed by atoms with Crippen molar-refractivity contribution in [1.82, 2.24) is 15.6 Å². The molecule has 2 amide bonds. The largest absolute Gasteiger partial charge is 0.446 e. The Labute approximate surface area is 150 Å². The number of carbonyl (C=O) groups is 2. The van der Waals surface area contributed by atoms with Gasteiger partial charge >= 0.3 is 6.09 Å². The van der Waals surface area contributed by atoms with Gasteiger partial charge in [-0.2, -0.15) is 0 Å². The lowest BCUT2D eigenvalue weighted by Gasteiger charge is -2.07. The number of nitrogens with zero attached hydrogens (tertiary/aromatic N) is 1. The molecule has 140 valence electrons. The second-order valence-corrected chi connectivity index (χ2v) is 5.46. The predicted octanol–water partition coefficient (Wildman–Crippen LogP) is 0.713. The van der Waals surface area contributed by atoms with Crippen molar-refractivity contribution in [2.75, 3.05) is 19.7 Å². The summed E-state index contributed by atoms with van der Waals surface area (Å²) in [7, 11) is 0. The van der Waals surface area contributed by atoms with E-state index in [1.807, 2.05) is 30.3 Å². The van der Waals surface area contributed by atoms with Gasteiger partial charge in [-0.15, -0.1) is 0 Å². The Morgan fingerprint density at radius 1 is 1.23 bits per heavy atom. The number of carbonyl (C=O) groups excluding carboxylic acids is 2. The van der Waals surface area contributed by atoms with Gasteiger partial charge in [-0.3, -0.25) is 4.79 Å². The molecule has 2 aromatic rings. The molecule has 0 fully saturated rings. The Balaban J connectivity index is 1.59. The van der Waals surface area contributed by atoms with Crippen molar-refractivity contribution in [3.8, 4) is 0 Å². The molecule has 1 atom stereocenters. The number of aliphatic hydroxyl groups excluding tert-OH is 1. The van der Waals surface area contributed by atoms with Crippen LogP contribution in [0.25, 0.3) is 0 Å². The summed E-state index contributed by atoms with van der Waals surface area (Å²) >= 11 is 0. The second-order valence-electron chi connectivity index (χ2n) is 5.46. The van der Waals surface area contributed by atoms with Crippen molar-refractivity contribution in [2.45, 2.75) is 19.1 Å². The number of benzene rings is 1. The molecule has 5 N–H and O–H groups in total. The standard InChI is InChI=1S/C17H22N4O5/c18-13(9-22)16-21-14(11-25-16)15(23)19-7-4-8-20-17(24)26-10-12-5-2-1-3-6-12/h1-3,5-6,11,13,22H,4,7-10,18H2,(H,19,23)(H,20,24). The maximum Gasteiger partial charge on any atom is 0.407 e. The molecule has 0 spiro atoms. The van der Waals surface area contributed by atoms with Gasteiger partial charge in [0.05, 0.1) is 6.61 Å². The summed E-state index contributed by atoms with van der Waals surface area (Å²) < 4.78 is 10.1. The van der Waals surface area contributed by atoms with Crippen LogP contribution in [0.15, 0.2) is 41.0 Å². The minimum Gasteiger partial charge on any atom is -0.446 e. The van der Waals surface area contributed by atoms with E-state index in [0.29, 0.717) is 19.5 Å². The summed E-state index contributed by atoms with van der Waals surface area (Å²) in [6, 6.07) is 8.60. The number of nitrogens with two attached hydrogens (primary N) is 1. The van der Waals surface area contributed by atoms with Crippen molar-refractivity contribution in [2.24, 2.45) is 5.73 Å². The zero-order valence-electron chi connectivity index (χ0n) is 14.2. The van der Waals surface area contributed by atoms with E-state index in [1.54, 1.807) is 0 Å². The van der Waals surface area contributed by atoms with Crippen molar-refractivity contribution in [3.63, 3.8) is 0 Å². The average Bonchev–Trinajstić information content (AvgIpc) is 3.16. The van der Waals surface area contributed by atoms with Crippen LogP contribution in [0.1, 0.15) is 34.4 Å². The van der Waals surface area contributed by atoms with Crippen LogP contribution in [0, 0.1) is 0 Å². The highest BCUT2D eigenvalue weighted by molar-refractivity contribution is 5.91. The Morgan fingerprint density at radius 2 is 1.96 bits per heavy atom. The number of ether oxygens (including phenoxy) is 1. The zero-order chi connectivity index (χ0) is 18.8. The topological polar surface area (TPSA) is 140 Å². The lowest BCUT2D eigenvalue weighted by molar-refractivity contribution is 0.0948. The van der Waals surface area contributed by atoms with E-state index in [9.17, 15) is 9.59 Å². The van der Waals surface area contributed by atoms with Gasteiger partial charge in [0.25, 0.3) is 5.91 Å². The lowest BCUT2D eigenvalue weighted by Crippen LogP contribution is -2.30. The maximum atomic E-state index is 11.9. The number of nitrogens with one attached hydrogen (secondary N) is 2. The third-order valence-corrected chi connectivity index (χ3v) is 3.39. The van der Waals surface area contributed by atoms with Gasteiger partial charge in [0.1, 0.15) is 18.9 Å².